The lowest BCUT2D eigenvalue weighted by atomic mass is 10.0. The van der Waals surface area contributed by atoms with Crippen LogP contribution in [0.15, 0.2) is 54.6 Å². The summed E-state index contributed by atoms with van der Waals surface area (Å²) in [6, 6.07) is 13.2. The van der Waals surface area contributed by atoms with Crippen LogP contribution in [0.5, 0.6) is 0 Å². The summed E-state index contributed by atoms with van der Waals surface area (Å²) in [7, 11) is 1.20. The smallest absolute Gasteiger partial charge is 0.328 e. The minimum atomic E-state index is -1.16. The van der Waals surface area contributed by atoms with Gasteiger partial charge in [0.2, 0.25) is 5.91 Å². The Morgan fingerprint density at radius 1 is 1.00 bits per heavy atom. The first-order chi connectivity index (χ1) is 15.5. The fourth-order valence-electron chi connectivity index (χ4n) is 3.69. The number of carbonyl (C=O) groups is 5. The molecule has 0 aromatic heterocycles. The van der Waals surface area contributed by atoms with Gasteiger partial charge in [0.25, 0.3) is 11.8 Å². The summed E-state index contributed by atoms with van der Waals surface area (Å²) in [5, 5.41) is 2.62. The van der Waals surface area contributed by atoms with Crippen molar-refractivity contribution in [2.75, 3.05) is 7.11 Å². The van der Waals surface area contributed by atoms with Crippen molar-refractivity contribution in [1.82, 2.24) is 10.2 Å². The normalized spacial score (nSPS) is 14.5. The van der Waals surface area contributed by atoms with E-state index in [1.165, 1.54) is 7.11 Å². The molecule has 2 atom stereocenters. The van der Waals surface area contributed by atoms with Gasteiger partial charge in [-0.15, -0.1) is 0 Å². The van der Waals surface area contributed by atoms with Crippen LogP contribution in [-0.4, -0.2) is 54.1 Å². The molecule has 2 aromatic carbocycles. The van der Waals surface area contributed by atoms with Crippen molar-refractivity contribution >= 4 is 30.0 Å². The largest absolute Gasteiger partial charge is 0.467 e. The van der Waals surface area contributed by atoms with Gasteiger partial charge in [0.1, 0.15) is 18.4 Å². The van der Waals surface area contributed by atoms with Gasteiger partial charge in [-0.2, -0.15) is 0 Å². The highest BCUT2D eigenvalue weighted by molar-refractivity contribution is 6.22. The van der Waals surface area contributed by atoms with Crippen molar-refractivity contribution in [2.45, 2.75) is 37.8 Å². The maximum Gasteiger partial charge on any atom is 0.328 e. The van der Waals surface area contributed by atoms with Crippen molar-refractivity contribution in [3.8, 4) is 0 Å². The molecule has 0 fully saturated rings. The molecule has 3 rings (SSSR count). The predicted octanol–water partition coefficient (Wildman–Crippen LogP) is 1.92. The first-order valence-corrected chi connectivity index (χ1v) is 10.3. The lowest BCUT2D eigenvalue weighted by molar-refractivity contribution is -0.145. The zero-order valence-electron chi connectivity index (χ0n) is 17.7. The number of imide groups is 1. The fraction of sp³-hybridized carbons (Fsp3) is 0.292. The monoisotopic (exact) mass is 436 g/mol. The number of benzene rings is 2. The Morgan fingerprint density at radius 3 is 2.16 bits per heavy atom. The molecule has 0 saturated heterocycles. The summed E-state index contributed by atoms with van der Waals surface area (Å²) >= 11 is 0. The Bertz CT molecular complexity index is 985. The van der Waals surface area contributed by atoms with Gasteiger partial charge < -0.3 is 14.8 Å². The van der Waals surface area contributed by atoms with E-state index in [-0.39, 0.29) is 30.4 Å². The third kappa shape index (κ3) is 4.91. The molecule has 32 heavy (non-hydrogen) atoms. The first kappa shape index (κ1) is 22.9. The first-order valence-electron chi connectivity index (χ1n) is 10.3. The fourth-order valence-corrected chi connectivity index (χ4v) is 3.69. The molecule has 1 heterocycles. The van der Waals surface area contributed by atoms with Gasteiger partial charge in [0.15, 0.2) is 0 Å². The number of nitrogens with one attached hydrogen (secondary N) is 1. The molecular weight excluding hydrogens is 412 g/mol. The number of esters is 1. The van der Waals surface area contributed by atoms with Crippen molar-refractivity contribution in [3.63, 3.8) is 0 Å². The maximum absolute atomic E-state index is 13.3. The molecule has 1 N–H and O–H groups in total. The van der Waals surface area contributed by atoms with Crippen molar-refractivity contribution < 1.29 is 28.7 Å². The van der Waals surface area contributed by atoms with Gasteiger partial charge in [-0.1, -0.05) is 42.5 Å². The lowest BCUT2D eigenvalue weighted by Gasteiger charge is -2.27. The van der Waals surface area contributed by atoms with Crippen molar-refractivity contribution in [2.24, 2.45) is 0 Å². The number of carbonyl (C=O) groups excluding carboxylic acids is 5. The van der Waals surface area contributed by atoms with Crippen LogP contribution < -0.4 is 5.32 Å². The van der Waals surface area contributed by atoms with E-state index in [0.29, 0.717) is 6.42 Å². The number of hydrogen-bond donors (Lipinski definition) is 1. The van der Waals surface area contributed by atoms with Crippen LogP contribution in [0.4, 0.5) is 0 Å². The van der Waals surface area contributed by atoms with Crippen LogP contribution >= 0.6 is 0 Å². The van der Waals surface area contributed by atoms with Gasteiger partial charge in [-0.25, -0.2) is 4.79 Å². The molecule has 1 aliphatic rings. The summed E-state index contributed by atoms with van der Waals surface area (Å²) in [5.74, 6) is -2.43. The molecule has 0 bridgehead atoms. The number of unbranched alkanes of at least 4 members (excludes halogenated alkanes) is 1. The molecule has 8 nitrogen and oxygen atoms in total. The van der Waals surface area contributed by atoms with E-state index in [4.69, 9.17) is 4.74 Å². The van der Waals surface area contributed by atoms with Crippen LogP contribution in [0.1, 0.15) is 45.5 Å². The van der Waals surface area contributed by atoms with Gasteiger partial charge in [0.05, 0.1) is 18.2 Å². The number of amides is 3. The second-order valence-corrected chi connectivity index (χ2v) is 7.41. The number of hydrogen-bond acceptors (Lipinski definition) is 6. The third-order valence-electron chi connectivity index (χ3n) is 5.33. The summed E-state index contributed by atoms with van der Waals surface area (Å²) in [6.45, 7) is 0. The molecule has 8 heteroatoms. The molecule has 0 spiro atoms. The molecule has 3 amide bonds. The van der Waals surface area contributed by atoms with Crippen LogP contribution in [0.2, 0.25) is 0 Å². The average molecular weight is 436 g/mol. The van der Waals surface area contributed by atoms with E-state index in [0.717, 1.165) is 16.7 Å². The minimum absolute atomic E-state index is 0.0837. The molecule has 2 aromatic rings. The number of rotatable bonds is 10. The standard InChI is InChI=1S/C24H24N2O6/c1-32-24(31)19(13-7-8-14-27)25-21(28)20(15-16-9-3-2-4-10-16)26-22(29)17-11-5-6-12-18(17)23(26)30/h2-6,9-12,14,19-20H,7-8,13,15H2,1H3,(H,25,28)/t19-,20-/m0/s1. The third-order valence-corrected chi connectivity index (χ3v) is 5.33. The van der Waals surface area contributed by atoms with E-state index in [1.54, 1.807) is 48.5 Å². The van der Waals surface area contributed by atoms with E-state index >= 15 is 0 Å². The van der Waals surface area contributed by atoms with E-state index in [2.05, 4.69) is 5.32 Å². The number of aldehydes is 1. The number of fused-ring (bicyclic) bond motifs is 1. The summed E-state index contributed by atoms with van der Waals surface area (Å²) in [6.07, 6.45) is 1.61. The van der Waals surface area contributed by atoms with Crippen LogP contribution in [0.3, 0.4) is 0 Å². The Morgan fingerprint density at radius 2 is 1.59 bits per heavy atom. The Hall–Kier alpha value is -3.81. The number of nitrogens with zero attached hydrogens (tertiary/aromatic N) is 1. The zero-order valence-corrected chi connectivity index (χ0v) is 17.7. The highest BCUT2D eigenvalue weighted by Crippen LogP contribution is 2.26. The quantitative estimate of drug-likeness (QED) is 0.264. The number of methoxy groups -OCH3 is 1. The van der Waals surface area contributed by atoms with Gasteiger partial charge in [-0.3, -0.25) is 19.3 Å². The summed E-state index contributed by atoms with van der Waals surface area (Å²) in [4.78, 5) is 63.1. The van der Waals surface area contributed by atoms with E-state index in [1.807, 2.05) is 6.07 Å². The molecule has 0 unspecified atom stereocenters. The highest BCUT2D eigenvalue weighted by atomic mass is 16.5. The van der Waals surface area contributed by atoms with E-state index < -0.39 is 35.8 Å². The van der Waals surface area contributed by atoms with Crippen LogP contribution in [-0.2, 0) is 25.5 Å². The number of ether oxygens (including phenoxy) is 1. The predicted molar refractivity (Wildman–Crippen MR) is 115 cm³/mol. The molecule has 166 valence electrons. The molecule has 0 radical (unpaired) electrons. The second-order valence-electron chi connectivity index (χ2n) is 7.41. The van der Waals surface area contributed by atoms with Crippen molar-refractivity contribution in [3.05, 3.63) is 71.3 Å². The van der Waals surface area contributed by atoms with Gasteiger partial charge >= 0.3 is 5.97 Å². The van der Waals surface area contributed by atoms with E-state index in [9.17, 15) is 24.0 Å². The molecule has 1 aliphatic heterocycles. The average Bonchev–Trinajstić information content (AvgIpc) is 3.07. The van der Waals surface area contributed by atoms with Crippen LogP contribution in [0, 0.1) is 0 Å². The minimum Gasteiger partial charge on any atom is -0.467 e. The SMILES string of the molecule is COC(=O)[C@H](CCCC=O)NC(=O)[C@H](Cc1ccccc1)N1C(=O)c2ccccc2C1=O. The molecule has 0 saturated carbocycles. The molecule has 0 aliphatic carbocycles. The highest BCUT2D eigenvalue weighted by Gasteiger charge is 2.43. The zero-order chi connectivity index (χ0) is 23.1. The Kier molecular flexibility index (Phi) is 7.49. The Balaban J connectivity index is 1.90. The molecular formula is C24H24N2O6. The van der Waals surface area contributed by atoms with Gasteiger partial charge in [0, 0.05) is 12.8 Å². The van der Waals surface area contributed by atoms with Crippen molar-refractivity contribution in [1.29, 1.82) is 0 Å². The Labute approximate surface area is 185 Å². The topological polar surface area (TPSA) is 110 Å². The van der Waals surface area contributed by atoms with Crippen LogP contribution in [0.25, 0.3) is 0 Å². The second kappa shape index (κ2) is 10.5. The lowest BCUT2D eigenvalue weighted by Crippen LogP contribution is -2.54. The maximum atomic E-state index is 13.3. The summed E-state index contributed by atoms with van der Waals surface area (Å²) < 4.78 is 4.77. The summed E-state index contributed by atoms with van der Waals surface area (Å²) in [5.41, 5.74) is 1.22. The van der Waals surface area contributed by atoms with Gasteiger partial charge in [-0.05, 0) is 30.5 Å².